The molecule has 21 heavy (non-hydrogen) atoms. The number of nitrogens with one attached hydrogen (secondary N) is 1. The maximum atomic E-state index is 12.0. The van der Waals surface area contributed by atoms with Crippen LogP contribution >= 0.6 is 0 Å². The van der Waals surface area contributed by atoms with E-state index in [2.05, 4.69) is 10.4 Å². The number of hydrogen-bond donors (Lipinski definition) is 1. The smallest absolute Gasteiger partial charge is 0.222 e. The molecule has 1 fully saturated rings. The van der Waals surface area contributed by atoms with Gasteiger partial charge in [0.25, 0.3) is 0 Å². The van der Waals surface area contributed by atoms with Crippen LogP contribution in [0, 0.1) is 0 Å². The van der Waals surface area contributed by atoms with Gasteiger partial charge < -0.3 is 10.1 Å². The number of hydrogen-bond acceptors (Lipinski definition) is 3. The van der Waals surface area contributed by atoms with Crippen LogP contribution < -0.4 is 10.1 Å². The van der Waals surface area contributed by atoms with Gasteiger partial charge in [0.15, 0.2) is 0 Å². The summed E-state index contributed by atoms with van der Waals surface area (Å²) < 4.78 is 7.08. The molecule has 0 saturated heterocycles. The maximum absolute atomic E-state index is 12.0. The highest BCUT2D eigenvalue weighted by Gasteiger charge is 2.17. The summed E-state index contributed by atoms with van der Waals surface area (Å²) in [4.78, 5) is 12.0. The molecule has 5 nitrogen and oxygen atoms in total. The number of nitrogens with zero attached hydrogens (tertiary/aromatic N) is 2. The molecule has 1 aromatic heterocycles. The third kappa shape index (κ3) is 3.17. The van der Waals surface area contributed by atoms with Crippen LogP contribution in [0.1, 0.15) is 32.1 Å². The Morgan fingerprint density at radius 1 is 1.43 bits per heavy atom. The summed E-state index contributed by atoms with van der Waals surface area (Å²) >= 11 is 0. The van der Waals surface area contributed by atoms with Crippen LogP contribution in [0.15, 0.2) is 24.4 Å². The highest BCUT2D eigenvalue weighted by Crippen LogP contribution is 2.21. The van der Waals surface area contributed by atoms with Crippen LogP contribution in [0.4, 0.5) is 0 Å². The second-order valence-corrected chi connectivity index (χ2v) is 5.59. The van der Waals surface area contributed by atoms with E-state index in [4.69, 9.17) is 4.74 Å². The van der Waals surface area contributed by atoms with Crippen molar-refractivity contribution in [3.8, 4) is 5.75 Å². The third-order valence-corrected chi connectivity index (χ3v) is 4.12. The topological polar surface area (TPSA) is 56.2 Å². The van der Waals surface area contributed by atoms with Crippen molar-refractivity contribution >= 4 is 16.8 Å². The van der Waals surface area contributed by atoms with Crippen LogP contribution in [0.5, 0.6) is 5.75 Å². The first-order valence-corrected chi connectivity index (χ1v) is 7.55. The van der Waals surface area contributed by atoms with Crippen molar-refractivity contribution < 1.29 is 9.53 Å². The molecule has 0 atom stereocenters. The Morgan fingerprint density at radius 3 is 3.00 bits per heavy atom. The Labute approximate surface area is 124 Å². The van der Waals surface area contributed by atoms with Crippen molar-refractivity contribution in [1.82, 2.24) is 15.1 Å². The molecule has 1 amide bonds. The summed E-state index contributed by atoms with van der Waals surface area (Å²) in [5, 5.41) is 8.50. The number of fused-ring (bicyclic) bond motifs is 1. The first-order valence-electron chi connectivity index (χ1n) is 7.55. The molecule has 112 valence electrons. The second kappa shape index (κ2) is 6.16. The van der Waals surface area contributed by atoms with Gasteiger partial charge in [-0.15, -0.1) is 0 Å². The monoisotopic (exact) mass is 287 g/mol. The molecule has 0 radical (unpaired) electrons. The minimum atomic E-state index is 0.124. The number of rotatable bonds is 5. The fraction of sp³-hybridized carbons (Fsp3) is 0.500. The van der Waals surface area contributed by atoms with Gasteiger partial charge in [0, 0.05) is 17.8 Å². The zero-order valence-electron chi connectivity index (χ0n) is 12.3. The van der Waals surface area contributed by atoms with Crippen LogP contribution in [0.25, 0.3) is 10.9 Å². The number of carbonyl (C=O) groups is 1. The normalized spacial score (nSPS) is 15.5. The molecular weight excluding hydrogens is 266 g/mol. The number of methoxy groups -OCH3 is 1. The molecule has 5 heteroatoms. The molecule has 1 aliphatic carbocycles. The summed E-state index contributed by atoms with van der Waals surface area (Å²) in [5.41, 5.74) is 1.03. The highest BCUT2D eigenvalue weighted by molar-refractivity contribution is 5.80. The minimum Gasteiger partial charge on any atom is -0.497 e. The minimum absolute atomic E-state index is 0.124. The van der Waals surface area contributed by atoms with Gasteiger partial charge in [-0.2, -0.15) is 5.10 Å². The van der Waals surface area contributed by atoms with Crippen LogP contribution in [-0.4, -0.2) is 28.8 Å². The SMILES string of the molecule is COc1ccc2c(cnn2CCC(=O)NC2CCCC2)c1. The van der Waals surface area contributed by atoms with E-state index in [1.807, 2.05) is 29.1 Å². The lowest BCUT2D eigenvalue weighted by molar-refractivity contribution is -0.122. The molecule has 3 rings (SSSR count). The van der Waals surface area contributed by atoms with E-state index < -0.39 is 0 Å². The van der Waals surface area contributed by atoms with Gasteiger partial charge in [-0.1, -0.05) is 12.8 Å². The van der Waals surface area contributed by atoms with E-state index in [9.17, 15) is 4.79 Å². The Hall–Kier alpha value is -2.04. The van der Waals surface area contributed by atoms with E-state index in [1.165, 1.54) is 12.8 Å². The number of carbonyl (C=O) groups excluding carboxylic acids is 1. The van der Waals surface area contributed by atoms with E-state index in [0.29, 0.717) is 19.0 Å². The molecule has 1 aromatic carbocycles. The molecule has 0 aliphatic heterocycles. The summed E-state index contributed by atoms with van der Waals surface area (Å²) in [5.74, 6) is 0.945. The second-order valence-electron chi connectivity index (χ2n) is 5.59. The molecule has 1 N–H and O–H groups in total. The standard InChI is InChI=1S/C16H21N3O2/c1-21-14-6-7-15-12(10-14)11-17-19(15)9-8-16(20)18-13-4-2-3-5-13/h6-7,10-11,13H,2-5,8-9H2,1H3,(H,18,20). The van der Waals surface area contributed by atoms with Crippen LogP contribution in [-0.2, 0) is 11.3 Å². The van der Waals surface area contributed by atoms with Gasteiger partial charge in [-0.05, 0) is 31.0 Å². The average molecular weight is 287 g/mol. The Balaban J connectivity index is 1.61. The lowest BCUT2D eigenvalue weighted by Crippen LogP contribution is -2.33. The molecule has 1 saturated carbocycles. The van der Waals surface area contributed by atoms with E-state index in [0.717, 1.165) is 29.5 Å². The predicted octanol–water partition coefficient (Wildman–Crippen LogP) is 2.49. The number of aryl methyl sites for hydroxylation is 1. The van der Waals surface area contributed by atoms with Crippen molar-refractivity contribution in [2.75, 3.05) is 7.11 Å². The lowest BCUT2D eigenvalue weighted by atomic mass is 10.2. The quantitative estimate of drug-likeness (QED) is 0.919. The molecule has 1 aliphatic rings. The number of ether oxygens (including phenoxy) is 1. The first kappa shape index (κ1) is 13.9. The van der Waals surface area contributed by atoms with E-state index in [-0.39, 0.29) is 5.91 Å². The van der Waals surface area contributed by atoms with Crippen molar-refractivity contribution in [3.05, 3.63) is 24.4 Å². The van der Waals surface area contributed by atoms with Crippen LogP contribution in [0.3, 0.4) is 0 Å². The van der Waals surface area contributed by atoms with Crippen molar-refractivity contribution in [2.24, 2.45) is 0 Å². The van der Waals surface area contributed by atoms with Gasteiger partial charge in [0.05, 0.1) is 25.4 Å². The predicted molar refractivity (Wildman–Crippen MR) is 81.3 cm³/mol. The van der Waals surface area contributed by atoms with Crippen molar-refractivity contribution in [1.29, 1.82) is 0 Å². The zero-order valence-corrected chi connectivity index (χ0v) is 12.3. The number of aromatic nitrogens is 2. The summed E-state index contributed by atoms with van der Waals surface area (Å²) in [7, 11) is 1.65. The average Bonchev–Trinajstić information content (AvgIpc) is 3.13. The Bertz CT molecular complexity index is 629. The van der Waals surface area contributed by atoms with E-state index >= 15 is 0 Å². The van der Waals surface area contributed by atoms with Gasteiger partial charge in [-0.25, -0.2) is 0 Å². The molecule has 0 unspecified atom stereocenters. The molecule has 1 heterocycles. The van der Waals surface area contributed by atoms with Crippen molar-refractivity contribution in [3.63, 3.8) is 0 Å². The fourth-order valence-corrected chi connectivity index (χ4v) is 2.95. The molecule has 0 spiro atoms. The lowest BCUT2D eigenvalue weighted by Gasteiger charge is -2.12. The molecule has 2 aromatic rings. The van der Waals surface area contributed by atoms with Crippen LogP contribution in [0.2, 0.25) is 0 Å². The largest absolute Gasteiger partial charge is 0.497 e. The Kier molecular flexibility index (Phi) is 4.08. The zero-order chi connectivity index (χ0) is 14.7. The molecule has 0 bridgehead atoms. The van der Waals surface area contributed by atoms with Gasteiger partial charge in [0.2, 0.25) is 5.91 Å². The van der Waals surface area contributed by atoms with Gasteiger partial charge in [0.1, 0.15) is 5.75 Å². The number of benzene rings is 1. The van der Waals surface area contributed by atoms with Gasteiger partial charge >= 0.3 is 0 Å². The van der Waals surface area contributed by atoms with Crippen molar-refractivity contribution in [2.45, 2.75) is 44.7 Å². The highest BCUT2D eigenvalue weighted by atomic mass is 16.5. The summed E-state index contributed by atoms with van der Waals surface area (Å²) in [6, 6.07) is 6.24. The number of amides is 1. The summed E-state index contributed by atoms with van der Waals surface area (Å²) in [6.45, 7) is 0.606. The third-order valence-electron chi connectivity index (χ3n) is 4.12. The molecular formula is C16H21N3O2. The fourth-order valence-electron chi connectivity index (χ4n) is 2.95. The first-order chi connectivity index (χ1) is 10.3. The summed E-state index contributed by atoms with van der Waals surface area (Å²) in [6.07, 6.45) is 6.99. The van der Waals surface area contributed by atoms with E-state index in [1.54, 1.807) is 7.11 Å². The Morgan fingerprint density at radius 2 is 2.24 bits per heavy atom. The van der Waals surface area contributed by atoms with Gasteiger partial charge in [-0.3, -0.25) is 9.48 Å². The maximum Gasteiger partial charge on any atom is 0.222 e.